The maximum absolute atomic E-state index is 11.5. The summed E-state index contributed by atoms with van der Waals surface area (Å²) in [4.78, 5) is 14.1. The van der Waals surface area contributed by atoms with Gasteiger partial charge in [0.1, 0.15) is 5.75 Å². The highest BCUT2D eigenvalue weighted by Crippen LogP contribution is 2.28. The fourth-order valence-electron chi connectivity index (χ4n) is 4.28. The highest BCUT2D eigenvalue weighted by atomic mass is 16.5. The topological polar surface area (TPSA) is 41.6 Å². The Morgan fingerprint density at radius 3 is 2.64 bits per heavy atom. The van der Waals surface area contributed by atoms with Crippen LogP contribution in [0.1, 0.15) is 49.1 Å². The second-order valence-electron chi connectivity index (χ2n) is 7.95. The number of piperidine rings is 1. The van der Waals surface area contributed by atoms with Crippen LogP contribution in [0, 0.1) is 0 Å². The molecule has 0 aliphatic carbocycles. The molecule has 2 aromatic rings. The Bertz CT molecular complexity index is 782. The highest BCUT2D eigenvalue weighted by Gasteiger charge is 2.20. The SMILES string of the molecule is O=C1CCc2ccc(OCCCCN3CCC(c4ccccc4)CC3)cc2N1. The third-order valence-electron chi connectivity index (χ3n) is 5.97. The second-order valence-corrected chi connectivity index (χ2v) is 7.95. The Morgan fingerprint density at radius 2 is 1.82 bits per heavy atom. The number of likely N-dealkylation sites (tertiary alicyclic amines) is 1. The van der Waals surface area contributed by atoms with Crippen molar-refractivity contribution in [2.24, 2.45) is 0 Å². The number of hydrogen-bond acceptors (Lipinski definition) is 3. The van der Waals surface area contributed by atoms with Crippen molar-refractivity contribution in [3.8, 4) is 5.75 Å². The summed E-state index contributed by atoms with van der Waals surface area (Å²) < 4.78 is 5.90. The van der Waals surface area contributed by atoms with Gasteiger partial charge in [-0.05, 0) is 74.8 Å². The van der Waals surface area contributed by atoms with Gasteiger partial charge in [0, 0.05) is 18.2 Å². The molecule has 4 rings (SSSR count). The van der Waals surface area contributed by atoms with E-state index in [0.29, 0.717) is 6.42 Å². The standard InChI is InChI=1S/C24H30N2O2/c27-24-11-9-21-8-10-22(18-23(21)25-24)28-17-5-4-14-26-15-12-20(13-16-26)19-6-2-1-3-7-19/h1-3,6-8,10,18,20H,4-5,9,11-17H2,(H,25,27). The first-order valence-electron chi connectivity index (χ1n) is 10.6. The molecule has 0 bridgehead atoms. The summed E-state index contributed by atoms with van der Waals surface area (Å²) in [5.41, 5.74) is 3.61. The number of benzene rings is 2. The molecule has 0 saturated carbocycles. The van der Waals surface area contributed by atoms with Crippen LogP contribution >= 0.6 is 0 Å². The molecule has 4 nitrogen and oxygen atoms in total. The van der Waals surface area contributed by atoms with E-state index in [2.05, 4.69) is 46.6 Å². The Hall–Kier alpha value is -2.33. The van der Waals surface area contributed by atoms with Crippen molar-refractivity contribution in [3.63, 3.8) is 0 Å². The number of carbonyl (C=O) groups excluding carboxylic acids is 1. The Balaban J connectivity index is 1.13. The molecule has 1 N–H and O–H groups in total. The van der Waals surface area contributed by atoms with Crippen molar-refractivity contribution in [2.45, 2.75) is 44.4 Å². The van der Waals surface area contributed by atoms with E-state index in [0.717, 1.165) is 49.8 Å². The van der Waals surface area contributed by atoms with E-state index >= 15 is 0 Å². The van der Waals surface area contributed by atoms with Crippen molar-refractivity contribution in [1.82, 2.24) is 4.90 Å². The fraction of sp³-hybridized carbons (Fsp3) is 0.458. The highest BCUT2D eigenvalue weighted by molar-refractivity contribution is 5.94. The monoisotopic (exact) mass is 378 g/mol. The number of aryl methyl sites for hydroxylation is 1. The van der Waals surface area contributed by atoms with E-state index < -0.39 is 0 Å². The number of nitrogens with zero attached hydrogens (tertiary/aromatic N) is 1. The third kappa shape index (κ3) is 4.93. The zero-order valence-electron chi connectivity index (χ0n) is 16.5. The molecule has 0 spiro atoms. The van der Waals surface area contributed by atoms with Crippen molar-refractivity contribution in [3.05, 3.63) is 59.7 Å². The molecular weight excluding hydrogens is 348 g/mol. The zero-order chi connectivity index (χ0) is 19.2. The van der Waals surface area contributed by atoms with Crippen LogP contribution in [0.3, 0.4) is 0 Å². The minimum atomic E-state index is 0.0979. The molecule has 2 heterocycles. The van der Waals surface area contributed by atoms with Crippen LogP contribution in [0.2, 0.25) is 0 Å². The van der Waals surface area contributed by atoms with E-state index in [9.17, 15) is 4.79 Å². The number of hydrogen-bond donors (Lipinski definition) is 1. The lowest BCUT2D eigenvalue weighted by Gasteiger charge is -2.32. The van der Waals surface area contributed by atoms with E-state index in [-0.39, 0.29) is 5.91 Å². The van der Waals surface area contributed by atoms with E-state index in [1.54, 1.807) is 0 Å². The number of nitrogens with one attached hydrogen (secondary N) is 1. The van der Waals surface area contributed by atoms with Crippen molar-refractivity contribution >= 4 is 11.6 Å². The fourth-order valence-corrected chi connectivity index (χ4v) is 4.28. The van der Waals surface area contributed by atoms with Gasteiger partial charge < -0.3 is 15.0 Å². The lowest BCUT2D eigenvalue weighted by Crippen LogP contribution is -2.33. The van der Waals surface area contributed by atoms with Gasteiger partial charge in [0.05, 0.1) is 6.61 Å². The second kappa shape index (κ2) is 9.24. The molecule has 1 fully saturated rings. The predicted molar refractivity (Wildman–Crippen MR) is 113 cm³/mol. The molecule has 1 amide bonds. The third-order valence-corrected chi connectivity index (χ3v) is 5.97. The number of carbonyl (C=O) groups is 1. The molecule has 0 aromatic heterocycles. The van der Waals surface area contributed by atoms with E-state index in [1.807, 2.05) is 12.1 Å². The maximum Gasteiger partial charge on any atom is 0.224 e. The summed E-state index contributed by atoms with van der Waals surface area (Å²) in [5, 5.41) is 2.93. The molecular formula is C24H30N2O2. The molecule has 148 valence electrons. The Morgan fingerprint density at radius 1 is 1.00 bits per heavy atom. The van der Waals surface area contributed by atoms with Gasteiger partial charge >= 0.3 is 0 Å². The maximum atomic E-state index is 11.5. The first kappa shape index (κ1) is 19.0. The van der Waals surface area contributed by atoms with Crippen molar-refractivity contribution in [1.29, 1.82) is 0 Å². The summed E-state index contributed by atoms with van der Waals surface area (Å²) in [7, 11) is 0. The van der Waals surface area contributed by atoms with E-state index in [4.69, 9.17) is 4.74 Å². The summed E-state index contributed by atoms with van der Waals surface area (Å²) in [6, 6.07) is 17.0. The smallest absolute Gasteiger partial charge is 0.224 e. The predicted octanol–water partition coefficient (Wildman–Crippen LogP) is 4.61. The van der Waals surface area contributed by atoms with Gasteiger partial charge in [-0.2, -0.15) is 0 Å². The lowest BCUT2D eigenvalue weighted by atomic mass is 9.89. The molecule has 0 radical (unpaired) electrons. The summed E-state index contributed by atoms with van der Waals surface area (Å²) in [6.45, 7) is 4.29. The van der Waals surface area contributed by atoms with Crippen LogP contribution in [0.15, 0.2) is 48.5 Å². The molecule has 2 aromatic carbocycles. The van der Waals surface area contributed by atoms with Crippen LogP contribution in [0.25, 0.3) is 0 Å². The number of amides is 1. The number of ether oxygens (including phenoxy) is 1. The molecule has 28 heavy (non-hydrogen) atoms. The molecule has 0 atom stereocenters. The van der Waals surface area contributed by atoms with Crippen LogP contribution in [-0.4, -0.2) is 37.0 Å². The van der Waals surface area contributed by atoms with Gasteiger partial charge in [-0.25, -0.2) is 0 Å². The van der Waals surface area contributed by atoms with Gasteiger partial charge in [0.25, 0.3) is 0 Å². The number of rotatable bonds is 7. The van der Waals surface area contributed by atoms with Gasteiger partial charge in [-0.15, -0.1) is 0 Å². The van der Waals surface area contributed by atoms with Gasteiger partial charge in [0.15, 0.2) is 0 Å². The number of unbranched alkanes of at least 4 members (excludes halogenated alkanes) is 1. The Kier molecular flexibility index (Phi) is 6.27. The Labute approximate surface area is 167 Å². The minimum Gasteiger partial charge on any atom is -0.494 e. The number of fused-ring (bicyclic) bond motifs is 1. The van der Waals surface area contributed by atoms with Gasteiger partial charge in [-0.3, -0.25) is 4.79 Å². The molecule has 2 aliphatic rings. The van der Waals surface area contributed by atoms with Crippen LogP contribution in [0.4, 0.5) is 5.69 Å². The molecule has 2 aliphatic heterocycles. The molecule has 1 saturated heterocycles. The summed E-state index contributed by atoms with van der Waals surface area (Å²) in [6.07, 6.45) is 6.15. The first-order valence-corrected chi connectivity index (χ1v) is 10.6. The zero-order valence-corrected chi connectivity index (χ0v) is 16.5. The normalized spacial score (nSPS) is 17.8. The number of anilines is 1. The van der Waals surface area contributed by atoms with Crippen LogP contribution in [0.5, 0.6) is 5.75 Å². The van der Waals surface area contributed by atoms with Gasteiger partial charge in [-0.1, -0.05) is 36.4 Å². The van der Waals surface area contributed by atoms with Gasteiger partial charge in [0.2, 0.25) is 5.91 Å². The largest absolute Gasteiger partial charge is 0.494 e. The average molecular weight is 379 g/mol. The van der Waals surface area contributed by atoms with Crippen molar-refractivity contribution in [2.75, 3.05) is 31.6 Å². The summed E-state index contributed by atoms with van der Waals surface area (Å²) in [5.74, 6) is 1.68. The summed E-state index contributed by atoms with van der Waals surface area (Å²) >= 11 is 0. The van der Waals surface area contributed by atoms with E-state index in [1.165, 1.54) is 37.1 Å². The minimum absolute atomic E-state index is 0.0979. The quantitative estimate of drug-likeness (QED) is 0.716. The lowest BCUT2D eigenvalue weighted by molar-refractivity contribution is -0.116. The average Bonchev–Trinajstić information content (AvgIpc) is 2.74. The first-order chi connectivity index (χ1) is 13.8. The molecule has 4 heteroatoms. The van der Waals surface area contributed by atoms with Crippen LogP contribution < -0.4 is 10.1 Å². The van der Waals surface area contributed by atoms with Crippen LogP contribution in [-0.2, 0) is 11.2 Å². The molecule has 0 unspecified atom stereocenters. The van der Waals surface area contributed by atoms with Crippen molar-refractivity contribution < 1.29 is 9.53 Å².